The van der Waals surface area contributed by atoms with Crippen molar-refractivity contribution < 1.29 is 18.9 Å². The van der Waals surface area contributed by atoms with Crippen LogP contribution in [0.5, 0.6) is 11.5 Å². The summed E-state index contributed by atoms with van der Waals surface area (Å²) in [6.07, 6.45) is 3.62. The van der Waals surface area contributed by atoms with Crippen LogP contribution in [0.4, 0.5) is 0 Å². The van der Waals surface area contributed by atoms with Gasteiger partial charge in [-0.3, -0.25) is 0 Å². The molecule has 0 bridgehead atoms. The molecule has 0 aliphatic rings. The Hall–Kier alpha value is -1.56. The molecule has 0 saturated carbocycles. The van der Waals surface area contributed by atoms with Crippen molar-refractivity contribution in [2.45, 2.75) is 12.8 Å². The van der Waals surface area contributed by atoms with Crippen molar-refractivity contribution >= 4 is 0 Å². The van der Waals surface area contributed by atoms with Gasteiger partial charge in [0.1, 0.15) is 18.1 Å². The van der Waals surface area contributed by atoms with Gasteiger partial charge in [-0.05, 0) is 37.6 Å². The normalized spacial score (nSPS) is 10.5. The van der Waals surface area contributed by atoms with Crippen molar-refractivity contribution in [1.29, 1.82) is 0 Å². The first kappa shape index (κ1) is 19.5. The van der Waals surface area contributed by atoms with E-state index < -0.39 is 0 Å². The summed E-state index contributed by atoms with van der Waals surface area (Å²) in [6.45, 7) is 8.13. The second-order valence-corrected chi connectivity index (χ2v) is 5.02. The summed E-state index contributed by atoms with van der Waals surface area (Å²) in [5.74, 6) is 1.68. The van der Waals surface area contributed by atoms with Crippen LogP contribution in [0.25, 0.3) is 0 Å². The number of rotatable bonds is 14. The number of nitrogens with one attached hydrogen (secondary N) is 1. The van der Waals surface area contributed by atoms with Gasteiger partial charge in [-0.25, -0.2) is 0 Å². The van der Waals surface area contributed by atoms with E-state index >= 15 is 0 Å². The average Bonchev–Trinajstić information content (AvgIpc) is 2.57. The van der Waals surface area contributed by atoms with Crippen molar-refractivity contribution in [3.8, 4) is 11.5 Å². The lowest BCUT2D eigenvalue weighted by molar-refractivity contribution is 0.101. The van der Waals surface area contributed by atoms with Crippen LogP contribution in [0.1, 0.15) is 12.0 Å². The Morgan fingerprint density at radius 2 is 1.96 bits per heavy atom. The third-order valence-electron chi connectivity index (χ3n) is 3.24. The van der Waals surface area contributed by atoms with Crippen LogP contribution in [0.2, 0.25) is 0 Å². The van der Waals surface area contributed by atoms with Crippen molar-refractivity contribution in [2.75, 3.05) is 53.7 Å². The molecule has 1 aromatic rings. The lowest BCUT2D eigenvalue weighted by atomic mass is 10.1. The summed E-state index contributed by atoms with van der Waals surface area (Å²) in [7, 11) is 3.37. The van der Waals surface area contributed by atoms with Crippen LogP contribution in [0.3, 0.4) is 0 Å². The molecule has 5 nitrogen and oxygen atoms in total. The predicted octanol–water partition coefficient (Wildman–Crippen LogP) is 2.45. The van der Waals surface area contributed by atoms with Gasteiger partial charge in [0.2, 0.25) is 0 Å². The van der Waals surface area contributed by atoms with E-state index in [1.165, 1.54) is 0 Å². The zero-order valence-corrected chi connectivity index (χ0v) is 14.3. The first-order valence-corrected chi connectivity index (χ1v) is 7.99. The fourth-order valence-corrected chi connectivity index (χ4v) is 2.06. The summed E-state index contributed by atoms with van der Waals surface area (Å²) in [5, 5.41) is 3.30. The molecule has 0 atom stereocenters. The topological polar surface area (TPSA) is 49.0 Å². The maximum absolute atomic E-state index is 5.78. The molecule has 0 unspecified atom stereocenters. The van der Waals surface area contributed by atoms with E-state index in [9.17, 15) is 0 Å². The summed E-state index contributed by atoms with van der Waals surface area (Å²) in [4.78, 5) is 0. The molecule has 130 valence electrons. The maximum atomic E-state index is 5.78. The largest absolute Gasteiger partial charge is 0.497 e. The minimum absolute atomic E-state index is 0.528. The molecule has 0 aromatic heterocycles. The number of benzene rings is 1. The standard InChI is InChI=1S/C18H29NO4/c1-4-6-16-15-17(21-3)7-8-18(16)23-14-13-22-12-10-19-9-5-11-20-2/h4,7-8,15,19H,1,5-6,9-14H2,2-3H3. The van der Waals surface area contributed by atoms with Crippen LogP contribution >= 0.6 is 0 Å². The Balaban J connectivity index is 2.16. The zero-order chi connectivity index (χ0) is 16.8. The highest BCUT2D eigenvalue weighted by molar-refractivity contribution is 5.41. The number of hydrogen-bond donors (Lipinski definition) is 1. The molecule has 0 heterocycles. The lowest BCUT2D eigenvalue weighted by Gasteiger charge is -2.12. The summed E-state index contributed by atoms with van der Waals surface area (Å²) in [6, 6.07) is 5.80. The molecule has 1 rings (SSSR count). The highest BCUT2D eigenvalue weighted by Gasteiger charge is 2.04. The van der Waals surface area contributed by atoms with E-state index in [1.807, 2.05) is 24.3 Å². The number of allylic oxidation sites excluding steroid dienone is 1. The molecule has 0 aliphatic carbocycles. The van der Waals surface area contributed by atoms with Crippen LogP contribution in [-0.2, 0) is 15.9 Å². The van der Waals surface area contributed by atoms with Crippen LogP contribution < -0.4 is 14.8 Å². The first-order chi connectivity index (χ1) is 11.3. The molecule has 23 heavy (non-hydrogen) atoms. The third-order valence-corrected chi connectivity index (χ3v) is 3.24. The number of hydrogen-bond acceptors (Lipinski definition) is 5. The van der Waals surface area contributed by atoms with Crippen LogP contribution in [0, 0.1) is 0 Å². The number of methoxy groups -OCH3 is 2. The number of ether oxygens (including phenoxy) is 4. The van der Waals surface area contributed by atoms with E-state index in [0.29, 0.717) is 19.8 Å². The highest BCUT2D eigenvalue weighted by Crippen LogP contribution is 2.24. The average molecular weight is 323 g/mol. The predicted molar refractivity (Wildman–Crippen MR) is 92.6 cm³/mol. The Morgan fingerprint density at radius 3 is 2.70 bits per heavy atom. The highest BCUT2D eigenvalue weighted by atomic mass is 16.5. The van der Waals surface area contributed by atoms with Gasteiger partial charge in [0.25, 0.3) is 0 Å². The van der Waals surface area contributed by atoms with Crippen molar-refractivity contribution in [3.05, 3.63) is 36.4 Å². The van der Waals surface area contributed by atoms with E-state index in [2.05, 4.69) is 11.9 Å². The van der Waals surface area contributed by atoms with Crippen molar-refractivity contribution in [1.82, 2.24) is 5.32 Å². The van der Waals surface area contributed by atoms with Crippen molar-refractivity contribution in [3.63, 3.8) is 0 Å². The van der Waals surface area contributed by atoms with Gasteiger partial charge < -0.3 is 24.3 Å². The van der Waals surface area contributed by atoms with E-state index in [0.717, 1.165) is 49.6 Å². The molecule has 0 fully saturated rings. The molecule has 0 aliphatic heterocycles. The Morgan fingerprint density at radius 1 is 1.09 bits per heavy atom. The fourth-order valence-electron chi connectivity index (χ4n) is 2.06. The summed E-state index contributed by atoms with van der Waals surface area (Å²) < 4.78 is 21.5. The van der Waals surface area contributed by atoms with Gasteiger partial charge in [-0.15, -0.1) is 6.58 Å². The lowest BCUT2D eigenvalue weighted by Crippen LogP contribution is -2.22. The van der Waals surface area contributed by atoms with E-state index in [-0.39, 0.29) is 0 Å². The zero-order valence-electron chi connectivity index (χ0n) is 14.3. The Kier molecular flexibility index (Phi) is 11.0. The van der Waals surface area contributed by atoms with E-state index in [4.69, 9.17) is 18.9 Å². The summed E-state index contributed by atoms with van der Waals surface area (Å²) in [5.41, 5.74) is 1.07. The summed E-state index contributed by atoms with van der Waals surface area (Å²) >= 11 is 0. The minimum atomic E-state index is 0.528. The molecule has 0 amide bonds. The Bertz CT molecular complexity index is 437. The molecule has 0 spiro atoms. The SMILES string of the molecule is C=CCc1cc(OC)ccc1OCCOCCNCCCOC. The molecular formula is C18H29NO4. The monoisotopic (exact) mass is 323 g/mol. The van der Waals surface area contributed by atoms with Crippen molar-refractivity contribution in [2.24, 2.45) is 0 Å². The van der Waals surface area contributed by atoms with Gasteiger partial charge in [-0.1, -0.05) is 6.08 Å². The van der Waals surface area contributed by atoms with Gasteiger partial charge in [-0.2, -0.15) is 0 Å². The molecule has 0 radical (unpaired) electrons. The molecular weight excluding hydrogens is 294 g/mol. The van der Waals surface area contributed by atoms with Crippen LogP contribution in [-0.4, -0.2) is 53.7 Å². The van der Waals surface area contributed by atoms with Gasteiger partial charge in [0, 0.05) is 25.8 Å². The van der Waals surface area contributed by atoms with Crippen LogP contribution in [0.15, 0.2) is 30.9 Å². The molecule has 1 aromatic carbocycles. The van der Waals surface area contributed by atoms with Gasteiger partial charge >= 0.3 is 0 Å². The molecule has 0 saturated heterocycles. The van der Waals surface area contributed by atoms with Gasteiger partial charge in [0.15, 0.2) is 0 Å². The second kappa shape index (κ2) is 12.9. The second-order valence-electron chi connectivity index (χ2n) is 5.02. The molecule has 5 heteroatoms. The smallest absolute Gasteiger partial charge is 0.123 e. The minimum Gasteiger partial charge on any atom is -0.497 e. The first-order valence-electron chi connectivity index (χ1n) is 7.99. The Labute approximate surface area is 139 Å². The van der Waals surface area contributed by atoms with Gasteiger partial charge in [0.05, 0.1) is 20.3 Å². The quantitative estimate of drug-likeness (QED) is 0.421. The fraction of sp³-hybridized carbons (Fsp3) is 0.556. The third kappa shape index (κ3) is 8.59. The molecule has 1 N–H and O–H groups in total. The van der Waals surface area contributed by atoms with E-state index in [1.54, 1.807) is 14.2 Å². The maximum Gasteiger partial charge on any atom is 0.123 e.